The van der Waals surface area contributed by atoms with Gasteiger partial charge in [-0.2, -0.15) is 0 Å². The standard InChI is InChI=1S/C13H17NO3S/c15-13(12-9-16-5-6-17-12)14(10-3-4-10)8-11-2-1-7-18-11/h1-2,7,10,12H,3-6,8-9H2/t12-/m1/s1. The Hall–Kier alpha value is -0.910. The first-order chi connectivity index (χ1) is 8.84. The summed E-state index contributed by atoms with van der Waals surface area (Å²) in [5, 5.41) is 2.05. The molecule has 0 radical (unpaired) electrons. The first-order valence-corrected chi connectivity index (χ1v) is 7.25. The molecule has 5 heteroatoms. The molecule has 1 amide bonds. The quantitative estimate of drug-likeness (QED) is 0.832. The molecule has 4 nitrogen and oxygen atoms in total. The van der Waals surface area contributed by atoms with Crippen LogP contribution in [0.15, 0.2) is 17.5 Å². The van der Waals surface area contributed by atoms with E-state index < -0.39 is 6.10 Å². The van der Waals surface area contributed by atoms with Crippen molar-refractivity contribution in [2.24, 2.45) is 0 Å². The van der Waals surface area contributed by atoms with E-state index in [1.54, 1.807) is 11.3 Å². The summed E-state index contributed by atoms with van der Waals surface area (Å²) in [6, 6.07) is 4.51. The number of nitrogens with zero attached hydrogens (tertiary/aromatic N) is 1. The first kappa shape index (κ1) is 12.1. The summed E-state index contributed by atoms with van der Waals surface area (Å²) in [7, 11) is 0. The van der Waals surface area contributed by atoms with Crippen molar-refractivity contribution in [3.63, 3.8) is 0 Å². The minimum absolute atomic E-state index is 0.0885. The van der Waals surface area contributed by atoms with Gasteiger partial charge in [0.2, 0.25) is 0 Å². The maximum Gasteiger partial charge on any atom is 0.254 e. The fourth-order valence-corrected chi connectivity index (χ4v) is 2.86. The number of rotatable bonds is 4. The van der Waals surface area contributed by atoms with Crippen LogP contribution in [-0.2, 0) is 20.8 Å². The molecule has 1 saturated carbocycles. The van der Waals surface area contributed by atoms with Crippen LogP contribution in [0.4, 0.5) is 0 Å². The van der Waals surface area contributed by atoms with Crippen LogP contribution in [0.3, 0.4) is 0 Å². The molecule has 2 fully saturated rings. The molecule has 1 saturated heterocycles. The van der Waals surface area contributed by atoms with Crippen molar-refractivity contribution in [2.45, 2.75) is 31.5 Å². The van der Waals surface area contributed by atoms with Crippen LogP contribution in [0.2, 0.25) is 0 Å². The van der Waals surface area contributed by atoms with Crippen LogP contribution in [0, 0.1) is 0 Å². The van der Waals surface area contributed by atoms with Gasteiger partial charge in [0.25, 0.3) is 5.91 Å². The molecule has 2 heterocycles. The third-order valence-corrected chi connectivity index (χ3v) is 4.13. The summed E-state index contributed by atoms with van der Waals surface area (Å²) >= 11 is 1.69. The molecule has 2 aliphatic rings. The molecule has 0 N–H and O–H groups in total. The normalized spacial score (nSPS) is 23.9. The molecule has 1 aliphatic heterocycles. The van der Waals surface area contributed by atoms with Gasteiger partial charge in [0.1, 0.15) is 0 Å². The first-order valence-electron chi connectivity index (χ1n) is 6.37. The molecule has 0 bridgehead atoms. The SMILES string of the molecule is O=C([C@H]1COCCO1)N(Cc1cccs1)C1CC1. The van der Waals surface area contributed by atoms with Crippen molar-refractivity contribution in [3.05, 3.63) is 22.4 Å². The fraction of sp³-hybridized carbons (Fsp3) is 0.615. The lowest BCUT2D eigenvalue weighted by molar-refractivity contribution is -0.159. The number of thiophene rings is 1. The third kappa shape index (κ3) is 2.74. The fourth-order valence-electron chi connectivity index (χ4n) is 2.16. The summed E-state index contributed by atoms with van der Waals surface area (Å²) in [5.41, 5.74) is 0. The highest BCUT2D eigenvalue weighted by Crippen LogP contribution is 2.30. The van der Waals surface area contributed by atoms with Crippen molar-refractivity contribution >= 4 is 17.2 Å². The molecule has 0 unspecified atom stereocenters. The van der Waals surface area contributed by atoms with Crippen LogP contribution in [0.1, 0.15) is 17.7 Å². The molecule has 1 aromatic heterocycles. The van der Waals surface area contributed by atoms with Gasteiger partial charge in [0.15, 0.2) is 6.10 Å². The Bertz CT molecular complexity index is 396. The number of hydrogen-bond acceptors (Lipinski definition) is 4. The molecule has 1 atom stereocenters. The topological polar surface area (TPSA) is 38.8 Å². The highest BCUT2D eigenvalue weighted by Gasteiger charge is 2.37. The predicted molar refractivity (Wildman–Crippen MR) is 68.5 cm³/mol. The third-order valence-electron chi connectivity index (χ3n) is 3.27. The van der Waals surface area contributed by atoms with E-state index in [1.807, 2.05) is 16.3 Å². The van der Waals surface area contributed by atoms with Crippen LogP contribution < -0.4 is 0 Å². The molecule has 1 aliphatic carbocycles. The summed E-state index contributed by atoms with van der Waals surface area (Å²) < 4.78 is 10.8. The molecule has 3 rings (SSSR count). The average molecular weight is 267 g/mol. The van der Waals surface area contributed by atoms with Gasteiger partial charge in [-0.15, -0.1) is 11.3 Å². The maximum absolute atomic E-state index is 12.4. The summed E-state index contributed by atoms with van der Waals surface area (Å²) in [6.07, 6.45) is 1.83. The minimum Gasteiger partial charge on any atom is -0.376 e. The smallest absolute Gasteiger partial charge is 0.254 e. The van der Waals surface area contributed by atoms with Gasteiger partial charge in [0.05, 0.1) is 26.4 Å². The zero-order valence-electron chi connectivity index (χ0n) is 10.2. The number of amides is 1. The molecular formula is C13H17NO3S. The van der Waals surface area contributed by atoms with Crippen LogP contribution >= 0.6 is 11.3 Å². The lowest BCUT2D eigenvalue weighted by atomic mass is 10.2. The van der Waals surface area contributed by atoms with E-state index in [1.165, 1.54) is 4.88 Å². The lowest BCUT2D eigenvalue weighted by Crippen LogP contribution is -2.45. The Balaban J connectivity index is 1.66. The predicted octanol–water partition coefficient (Wildman–Crippen LogP) is 1.65. The highest BCUT2D eigenvalue weighted by molar-refractivity contribution is 7.09. The van der Waals surface area contributed by atoms with E-state index in [-0.39, 0.29) is 5.91 Å². The van der Waals surface area contributed by atoms with E-state index in [2.05, 4.69) is 6.07 Å². The molecular weight excluding hydrogens is 250 g/mol. The molecule has 1 aromatic rings. The summed E-state index contributed by atoms with van der Waals surface area (Å²) in [4.78, 5) is 15.6. The Morgan fingerprint density at radius 3 is 2.94 bits per heavy atom. The van der Waals surface area contributed by atoms with Crippen LogP contribution in [-0.4, -0.2) is 42.8 Å². The van der Waals surface area contributed by atoms with Crippen molar-refractivity contribution in [1.82, 2.24) is 4.90 Å². The second-order valence-electron chi connectivity index (χ2n) is 4.71. The maximum atomic E-state index is 12.4. The van der Waals surface area contributed by atoms with Crippen LogP contribution in [0.5, 0.6) is 0 Å². The molecule has 0 spiro atoms. The Kier molecular flexibility index (Phi) is 3.63. The van der Waals surface area contributed by atoms with E-state index >= 15 is 0 Å². The van der Waals surface area contributed by atoms with E-state index in [0.717, 1.165) is 12.8 Å². The Morgan fingerprint density at radius 1 is 1.44 bits per heavy atom. The average Bonchev–Trinajstić information content (AvgIpc) is 3.13. The number of carbonyl (C=O) groups excluding carboxylic acids is 1. The largest absolute Gasteiger partial charge is 0.376 e. The van der Waals surface area contributed by atoms with E-state index in [9.17, 15) is 4.79 Å². The van der Waals surface area contributed by atoms with Crippen molar-refractivity contribution in [3.8, 4) is 0 Å². The highest BCUT2D eigenvalue weighted by atomic mass is 32.1. The molecule has 0 aromatic carbocycles. The number of carbonyl (C=O) groups is 1. The van der Waals surface area contributed by atoms with Gasteiger partial charge in [-0.05, 0) is 24.3 Å². The van der Waals surface area contributed by atoms with Gasteiger partial charge in [0, 0.05) is 10.9 Å². The lowest BCUT2D eigenvalue weighted by Gasteiger charge is -2.29. The molecule has 18 heavy (non-hydrogen) atoms. The summed E-state index contributed by atoms with van der Waals surface area (Å²) in [6.45, 7) is 2.22. The monoisotopic (exact) mass is 267 g/mol. The van der Waals surface area contributed by atoms with E-state index in [4.69, 9.17) is 9.47 Å². The zero-order valence-corrected chi connectivity index (χ0v) is 11.0. The minimum atomic E-state index is -0.403. The second kappa shape index (κ2) is 5.38. The number of hydrogen-bond donors (Lipinski definition) is 0. The zero-order chi connectivity index (χ0) is 12.4. The van der Waals surface area contributed by atoms with Gasteiger partial charge in [-0.3, -0.25) is 4.79 Å². The van der Waals surface area contributed by atoms with Gasteiger partial charge < -0.3 is 14.4 Å². The Labute approximate surface area is 110 Å². The number of ether oxygens (including phenoxy) is 2. The van der Waals surface area contributed by atoms with Gasteiger partial charge >= 0.3 is 0 Å². The van der Waals surface area contributed by atoms with Crippen molar-refractivity contribution < 1.29 is 14.3 Å². The van der Waals surface area contributed by atoms with Crippen LogP contribution in [0.25, 0.3) is 0 Å². The van der Waals surface area contributed by atoms with E-state index in [0.29, 0.717) is 32.4 Å². The summed E-state index contributed by atoms with van der Waals surface area (Å²) in [5.74, 6) is 0.0885. The molecule has 98 valence electrons. The van der Waals surface area contributed by atoms with Crippen molar-refractivity contribution in [1.29, 1.82) is 0 Å². The van der Waals surface area contributed by atoms with Crippen molar-refractivity contribution in [2.75, 3.05) is 19.8 Å². The van der Waals surface area contributed by atoms with Gasteiger partial charge in [-0.1, -0.05) is 6.07 Å². The van der Waals surface area contributed by atoms with Gasteiger partial charge in [-0.25, -0.2) is 0 Å². The Morgan fingerprint density at radius 2 is 2.33 bits per heavy atom. The second-order valence-corrected chi connectivity index (χ2v) is 5.74.